The molecule has 3 aromatic rings. The normalized spacial score (nSPS) is 15.5. The number of benzene rings is 2. The minimum Gasteiger partial charge on any atom is -0.363 e. The molecule has 11 heteroatoms. The molecule has 0 N–H and O–H groups in total. The number of pyridine rings is 1. The number of nitro groups is 1. The SMILES string of the molecule is O=[N+]([O-])c1c(N2CCN(S(=O)(=O)c3cccc(Cl)c3Cl)CC2)ccc2ncccc12. The predicted molar refractivity (Wildman–Crippen MR) is 116 cm³/mol. The van der Waals surface area contributed by atoms with Crippen LogP contribution in [0.2, 0.25) is 10.0 Å². The molecule has 8 nitrogen and oxygen atoms in total. The van der Waals surface area contributed by atoms with E-state index >= 15 is 0 Å². The standard InChI is InChI=1S/C19H16Cl2N4O4S/c20-14-4-1-5-17(18(14)21)30(28,29)24-11-9-23(10-12-24)16-7-6-15-13(3-2-8-22-15)19(16)25(26)27/h1-8H,9-12H2. The van der Waals surface area contributed by atoms with Crippen molar-refractivity contribution in [1.82, 2.24) is 9.29 Å². The zero-order chi connectivity index (χ0) is 21.5. The average Bonchev–Trinajstić information content (AvgIpc) is 2.74. The zero-order valence-electron chi connectivity index (χ0n) is 15.5. The Morgan fingerprint density at radius 1 is 1.00 bits per heavy atom. The summed E-state index contributed by atoms with van der Waals surface area (Å²) in [5.74, 6) is 0. The number of nitro benzene ring substituents is 1. The number of anilines is 1. The van der Waals surface area contributed by atoms with E-state index in [-0.39, 0.29) is 33.7 Å². The summed E-state index contributed by atoms with van der Waals surface area (Å²) in [5.41, 5.74) is 0.942. The number of hydrogen-bond acceptors (Lipinski definition) is 6. The largest absolute Gasteiger partial charge is 0.363 e. The lowest BCUT2D eigenvalue weighted by Gasteiger charge is -2.35. The number of hydrogen-bond donors (Lipinski definition) is 0. The van der Waals surface area contributed by atoms with E-state index in [9.17, 15) is 18.5 Å². The number of nitrogens with zero attached hydrogens (tertiary/aromatic N) is 4. The van der Waals surface area contributed by atoms with Crippen LogP contribution in [0, 0.1) is 10.1 Å². The molecule has 0 bridgehead atoms. The smallest absolute Gasteiger partial charge is 0.301 e. The van der Waals surface area contributed by atoms with Gasteiger partial charge in [-0.15, -0.1) is 0 Å². The number of halogens is 2. The minimum atomic E-state index is -3.84. The summed E-state index contributed by atoms with van der Waals surface area (Å²) in [5, 5.41) is 12.4. The Bertz CT molecular complexity index is 1240. The van der Waals surface area contributed by atoms with Gasteiger partial charge in [0.05, 0.1) is 25.9 Å². The molecule has 2 heterocycles. The summed E-state index contributed by atoms with van der Waals surface area (Å²) >= 11 is 12.1. The molecular formula is C19H16Cl2N4O4S. The molecule has 30 heavy (non-hydrogen) atoms. The molecule has 0 amide bonds. The number of sulfonamides is 1. The molecule has 0 unspecified atom stereocenters. The van der Waals surface area contributed by atoms with Gasteiger partial charge in [-0.3, -0.25) is 15.1 Å². The summed E-state index contributed by atoms with van der Waals surface area (Å²) in [7, 11) is -3.84. The van der Waals surface area contributed by atoms with Crippen molar-refractivity contribution in [2.24, 2.45) is 0 Å². The Morgan fingerprint density at radius 3 is 2.43 bits per heavy atom. The van der Waals surface area contributed by atoms with Crippen molar-refractivity contribution < 1.29 is 13.3 Å². The minimum absolute atomic E-state index is 0.0146. The molecule has 1 fully saturated rings. The fraction of sp³-hybridized carbons (Fsp3) is 0.211. The number of piperazine rings is 1. The highest BCUT2D eigenvalue weighted by molar-refractivity contribution is 7.89. The van der Waals surface area contributed by atoms with Crippen LogP contribution < -0.4 is 4.90 Å². The van der Waals surface area contributed by atoms with E-state index < -0.39 is 14.9 Å². The van der Waals surface area contributed by atoms with Crippen molar-refractivity contribution in [2.75, 3.05) is 31.1 Å². The molecule has 1 aliphatic heterocycles. The monoisotopic (exact) mass is 466 g/mol. The first-order chi connectivity index (χ1) is 14.3. The Labute approximate surface area is 182 Å². The van der Waals surface area contributed by atoms with Crippen LogP contribution in [-0.2, 0) is 10.0 Å². The van der Waals surface area contributed by atoms with Gasteiger partial charge >= 0.3 is 5.69 Å². The van der Waals surface area contributed by atoms with E-state index in [2.05, 4.69) is 4.98 Å². The summed E-state index contributed by atoms with van der Waals surface area (Å²) < 4.78 is 27.3. The maximum Gasteiger partial charge on any atom is 0.301 e. The van der Waals surface area contributed by atoms with Crippen LogP contribution >= 0.6 is 23.2 Å². The summed E-state index contributed by atoms with van der Waals surface area (Å²) in [6.07, 6.45) is 1.58. The van der Waals surface area contributed by atoms with Crippen LogP contribution in [0.1, 0.15) is 0 Å². The van der Waals surface area contributed by atoms with Crippen molar-refractivity contribution in [3.8, 4) is 0 Å². The Morgan fingerprint density at radius 2 is 1.73 bits per heavy atom. The second-order valence-corrected chi connectivity index (χ2v) is 9.40. The highest BCUT2D eigenvalue weighted by Gasteiger charge is 2.33. The maximum atomic E-state index is 13.0. The fourth-order valence-electron chi connectivity index (χ4n) is 3.56. The molecule has 156 valence electrons. The van der Waals surface area contributed by atoms with Gasteiger partial charge in [0.1, 0.15) is 10.6 Å². The maximum absolute atomic E-state index is 13.0. The van der Waals surface area contributed by atoms with E-state index in [4.69, 9.17) is 23.2 Å². The van der Waals surface area contributed by atoms with Crippen LogP contribution in [0.4, 0.5) is 11.4 Å². The second-order valence-electron chi connectivity index (χ2n) is 6.70. The van der Waals surface area contributed by atoms with Gasteiger partial charge in [0.25, 0.3) is 0 Å². The Kier molecular flexibility index (Phi) is 5.54. The van der Waals surface area contributed by atoms with Crippen molar-refractivity contribution >= 4 is 55.5 Å². The first kappa shape index (κ1) is 20.8. The number of rotatable bonds is 4. The lowest BCUT2D eigenvalue weighted by Crippen LogP contribution is -2.48. The molecule has 4 rings (SSSR count). The Balaban J connectivity index is 1.62. The van der Waals surface area contributed by atoms with Gasteiger partial charge in [-0.2, -0.15) is 4.31 Å². The molecular weight excluding hydrogens is 451 g/mol. The molecule has 0 aliphatic carbocycles. The van der Waals surface area contributed by atoms with Crippen molar-refractivity contribution in [3.05, 3.63) is 68.8 Å². The van der Waals surface area contributed by atoms with E-state index in [0.717, 1.165) is 0 Å². The van der Waals surface area contributed by atoms with Crippen LogP contribution in [0.25, 0.3) is 10.9 Å². The molecule has 1 saturated heterocycles. The molecule has 0 atom stereocenters. The predicted octanol–water partition coefficient (Wildman–Crippen LogP) is 3.96. The van der Waals surface area contributed by atoms with Gasteiger partial charge in [-0.25, -0.2) is 8.42 Å². The van der Waals surface area contributed by atoms with Gasteiger partial charge in [-0.1, -0.05) is 29.3 Å². The summed E-state index contributed by atoms with van der Waals surface area (Å²) in [6, 6.07) is 11.2. The molecule has 0 saturated carbocycles. The lowest BCUT2D eigenvalue weighted by molar-refractivity contribution is -0.382. The molecule has 2 aromatic carbocycles. The fourth-order valence-corrected chi connectivity index (χ4v) is 5.72. The average molecular weight is 467 g/mol. The first-order valence-corrected chi connectivity index (χ1v) is 11.2. The van der Waals surface area contributed by atoms with Gasteiger partial charge in [0, 0.05) is 32.4 Å². The van der Waals surface area contributed by atoms with Gasteiger partial charge in [0.15, 0.2) is 0 Å². The van der Waals surface area contributed by atoms with E-state index in [0.29, 0.717) is 29.7 Å². The van der Waals surface area contributed by atoms with Crippen LogP contribution in [0.5, 0.6) is 0 Å². The second kappa shape index (κ2) is 7.99. The zero-order valence-corrected chi connectivity index (χ0v) is 17.9. The number of fused-ring (bicyclic) bond motifs is 1. The molecule has 1 aliphatic rings. The van der Waals surface area contributed by atoms with E-state index in [1.165, 1.54) is 22.5 Å². The van der Waals surface area contributed by atoms with Gasteiger partial charge in [-0.05, 0) is 36.4 Å². The third-order valence-corrected chi connectivity index (χ3v) is 7.90. The van der Waals surface area contributed by atoms with Crippen molar-refractivity contribution in [3.63, 3.8) is 0 Å². The Hall–Kier alpha value is -2.46. The number of aromatic nitrogens is 1. The van der Waals surface area contributed by atoms with Gasteiger partial charge in [0.2, 0.25) is 10.0 Å². The summed E-state index contributed by atoms with van der Waals surface area (Å²) in [4.78, 5) is 17.3. The van der Waals surface area contributed by atoms with Crippen molar-refractivity contribution in [1.29, 1.82) is 0 Å². The summed E-state index contributed by atoms with van der Waals surface area (Å²) in [6.45, 7) is 0.912. The quantitative estimate of drug-likeness (QED) is 0.426. The topological polar surface area (TPSA) is 96.6 Å². The van der Waals surface area contributed by atoms with Crippen LogP contribution in [0.15, 0.2) is 53.6 Å². The van der Waals surface area contributed by atoms with Crippen LogP contribution in [0.3, 0.4) is 0 Å². The first-order valence-electron chi connectivity index (χ1n) is 9.02. The third kappa shape index (κ3) is 3.58. The molecule has 0 radical (unpaired) electrons. The third-order valence-electron chi connectivity index (χ3n) is 5.03. The van der Waals surface area contributed by atoms with Gasteiger partial charge < -0.3 is 4.90 Å². The molecule has 0 spiro atoms. The lowest BCUT2D eigenvalue weighted by atomic mass is 10.1. The van der Waals surface area contributed by atoms with E-state index in [1.807, 2.05) is 4.90 Å². The van der Waals surface area contributed by atoms with Crippen LogP contribution in [-0.4, -0.2) is 48.8 Å². The van der Waals surface area contributed by atoms with E-state index in [1.54, 1.807) is 30.5 Å². The van der Waals surface area contributed by atoms with Crippen molar-refractivity contribution in [2.45, 2.75) is 4.90 Å². The highest BCUT2D eigenvalue weighted by atomic mass is 35.5. The molecule has 1 aromatic heterocycles. The highest BCUT2D eigenvalue weighted by Crippen LogP contribution is 2.36.